The Morgan fingerprint density at radius 1 is 1.53 bits per heavy atom. The van der Waals surface area contributed by atoms with E-state index in [-0.39, 0.29) is 23.9 Å². The first-order valence-electron chi connectivity index (χ1n) is 6.15. The van der Waals surface area contributed by atoms with Crippen LogP contribution in [-0.4, -0.2) is 25.1 Å². The number of ether oxygens (including phenoxy) is 2. The van der Waals surface area contributed by atoms with E-state index in [1.807, 2.05) is 12.1 Å². The molecule has 0 fully saturated rings. The first-order valence-corrected chi connectivity index (χ1v) is 6.15. The molecular formula is C14H17NO4. The minimum absolute atomic E-state index is 0.284. The van der Waals surface area contributed by atoms with Crippen LogP contribution in [0.3, 0.4) is 0 Å². The van der Waals surface area contributed by atoms with E-state index < -0.39 is 0 Å². The highest BCUT2D eigenvalue weighted by Crippen LogP contribution is 2.22. The van der Waals surface area contributed by atoms with E-state index in [0.717, 1.165) is 11.1 Å². The molecule has 1 heterocycles. The zero-order valence-corrected chi connectivity index (χ0v) is 11.0. The number of esters is 2. The van der Waals surface area contributed by atoms with E-state index >= 15 is 0 Å². The number of carbonyl (C=O) groups is 2. The molecule has 1 aliphatic heterocycles. The van der Waals surface area contributed by atoms with Crippen LogP contribution in [0, 0.1) is 5.92 Å². The van der Waals surface area contributed by atoms with Crippen LogP contribution in [0.5, 0.6) is 0 Å². The summed E-state index contributed by atoms with van der Waals surface area (Å²) in [5.41, 5.74) is 8.47. The van der Waals surface area contributed by atoms with Crippen LogP contribution in [0.4, 0.5) is 0 Å². The molecule has 5 heteroatoms. The summed E-state index contributed by atoms with van der Waals surface area (Å²) in [6.07, 6.45) is 0.553. The molecule has 0 spiro atoms. The molecular weight excluding hydrogens is 246 g/mol. The van der Waals surface area contributed by atoms with Crippen LogP contribution in [0.25, 0.3) is 0 Å². The summed E-state index contributed by atoms with van der Waals surface area (Å²) in [7, 11) is 1.35. The Kier molecular flexibility index (Phi) is 3.85. The fourth-order valence-electron chi connectivity index (χ4n) is 2.12. The van der Waals surface area contributed by atoms with Crippen LogP contribution in [0.2, 0.25) is 0 Å². The SMILES string of the molecule is COC(=O)C(C)C(N)Cc1ccc2c(c1)COC2=O. The smallest absolute Gasteiger partial charge is 0.338 e. The molecule has 0 saturated carbocycles. The molecule has 0 aromatic heterocycles. The number of hydrogen-bond acceptors (Lipinski definition) is 5. The molecule has 19 heavy (non-hydrogen) atoms. The maximum absolute atomic E-state index is 11.4. The van der Waals surface area contributed by atoms with Crippen molar-refractivity contribution in [3.8, 4) is 0 Å². The summed E-state index contributed by atoms with van der Waals surface area (Å²) in [5, 5.41) is 0. The average molecular weight is 263 g/mol. The molecule has 2 N–H and O–H groups in total. The van der Waals surface area contributed by atoms with Crippen molar-refractivity contribution in [2.45, 2.75) is 26.0 Å². The first kappa shape index (κ1) is 13.5. The van der Waals surface area contributed by atoms with Crippen molar-refractivity contribution in [1.82, 2.24) is 0 Å². The van der Waals surface area contributed by atoms with Gasteiger partial charge in [0.2, 0.25) is 0 Å². The van der Waals surface area contributed by atoms with Gasteiger partial charge in [0.05, 0.1) is 18.6 Å². The van der Waals surface area contributed by atoms with Gasteiger partial charge in [-0.15, -0.1) is 0 Å². The molecule has 0 aliphatic carbocycles. The van der Waals surface area contributed by atoms with E-state index in [1.54, 1.807) is 13.0 Å². The first-order chi connectivity index (χ1) is 9.02. The maximum atomic E-state index is 11.4. The van der Waals surface area contributed by atoms with Gasteiger partial charge < -0.3 is 15.2 Å². The molecule has 102 valence electrons. The zero-order chi connectivity index (χ0) is 14.0. The Labute approximate surface area is 111 Å². The molecule has 5 nitrogen and oxygen atoms in total. The quantitative estimate of drug-likeness (QED) is 0.821. The summed E-state index contributed by atoms with van der Waals surface area (Å²) in [6.45, 7) is 2.06. The van der Waals surface area contributed by atoms with Gasteiger partial charge in [-0.3, -0.25) is 4.79 Å². The standard InChI is InChI=1S/C14H17NO4/c1-8(13(16)18-2)12(15)6-9-3-4-11-10(5-9)7-19-14(11)17/h3-5,8,12H,6-7,15H2,1-2H3. The Morgan fingerprint density at radius 3 is 2.95 bits per heavy atom. The molecule has 2 rings (SSSR count). The van der Waals surface area contributed by atoms with Gasteiger partial charge in [0.1, 0.15) is 6.61 Å². The number of nitrogens with two attached hydrogens (primary N) is 1. The number of carbonyl (C=O) groups excluding carboxylic acids is 2. The maximum Gasteiger partial charge on any atom is 0.338 e. The Bertz CT molecular complexity index is 512. The number of hydrogen-bond donors (Lipinski definition) is 1. The third-order valence-electron chi connectivity index (χ3n) is 3.43. The number of fused-ring (bicyclic) bond motifs is 1. The molecule has 0 radical (unpaired) electrons. The normalized spacial score (nSPS) is 16.5. The molecule has 1 aromatic rings. The van der Waals surface area contributed by atoms with Crippen LogP contribution < -0.4 is 5.73 Å². The molecule has 2 unspecified atom stereocenters. The molecule has 0 bridgehead atoms. The fourth-order valence-corrected chi connectivity index (χ4v) is 2.12. The van der Waals surface area contributed by atoms with E-state index in [2.05, 4.69) is 4.74 Å². The Morgan fingerprint density at radius 2 is 2.26 bits per heavy atom. The van der Waals surface area contributed by atoms with Crippen molar-refractivity contribution in [2.75, 3.05) is 7.11 Å². The van der Waals surface area contributed by atoms with Gasteiger partial charge in [0.15, 0.2) is 0 Å². The lowest BCUT2D eigenvalue weighted by molar-refractivity contribution is -0.145. The van der Waals surface area contributed by atoms with Crippen molar-refractivity contribution < 1.29 is 19.1 Å². The largest absolute Gasteiger partial charge is 0.469 e. The number of rotatable bonds is 4. The van der Waals surface area contributed by atoms with E-state index in [9.17, 15) is 9.59 Å². The predicted octanol–water partition coefficient (Wildman–Crippen LogP) is 1.04. The third kappa shape index (κ3) is 2.76. The van der Waals surface area contributed by atoms with Crippen LogP contribution in [0.1, 0.15) is 28.4 Å². The number of methoxy groups -OCH3 is 1. The van der Waals surface area contributed by atoms with Crippen molar-refractivity contribution in [3.05, 3.63) is 34.9 Å². The van der Waals surface area contributed by atoms with Crippen LogP contribution in [0.15, 0.2) is 18.2 Å². The van der Waals surface area contributed by atoms with E-state index in [4.69, 9.17) is 10.5 Å². The van der Waals surface area contributed by atoms with Gasteiger partial charge in [-0.25, -0.2) is 4.79 Å². The second kappa shape index (κ2) is 5.40. The van der Waals surface area contributed by atoms with Crippen LogP contribution >= 0.6 is 0 Å². The van der Waals surface area contributed by atoms with Crippen molar-refractivity contribution in [3.63, 3.8) is 0 Å². The molecule has 2 atom stereocenters. The number of cyclic esters (lactones) is 1. The minimum atomic E-state index is -0.365. The monoisotopic (exact) mass is 263 g/mol. The zero-order valence-electron chi connectivity index (χ0n) is 11.0. The van der Waals surface area contributed by atoms with Gasteiger partial charge in [0.25, 0.3) is 0 Å². The van der Waals surface area contributed by atoms with Gasteiger partial charge in [-0.2, -0.15) is 0 Å². The van der Waals surface area contributed by atoms with E-state index in [1.165, 1.54) is 7.11 Å². The van der Waals surface area contributed by atoms with Gasteiger partial charge in [-0.1, -0.05) is 19.1 Å². The molecule has 0 saturated heterocycles. The molecule has 0 amide bonds. The highest BCUT2D eigenvalue weighted by atomic mass is 16.5. The molecule has 1 aromatic carbocycles. The summed E-state index contributed by atoms with van der Waals surface area (Å²) < 4.78 is 9.62. The van der Waals surface area contributed by atoms with Crippen molar-refractivity contribution in [1.29, 1.82) is 0 Å². The second-order valence-corrected chi connectivity index (χ2v) is 4.75. The molecule has 1 aliphatic rings. The Balaban J connectivity index is 2.08. The second-order valence-electron chi connectivity index (χ2n) is 4.75. The lowest BCUT2D eigenvalue weighted by atomic mass is 9.94. The van der Waals surface area contributed by atoms with Gasteiger partial charge in [-0.05, 0) is 18.1 Å². The summed E-state index contributed by atoms with van der Waals surface area (Å²) in [4.78, 5) is 22.7. The predicted molar refractivity (Wildman–Crippen MR) is 68.4 cm³/mol. The van der Waals surface area contributed by atoms with Crippen molar-refractivity contribution >= 4 is 11.9 Å². The highest BCUT2D eigenvalue weighted by molar-refractivity contribution is 5.93. The lowest BCUT2D eigenvalue weighted by Crippen LogP contribution is -2.36. The van der Waals surface area contributed by atoms with E-state index in [0.29, 0.717) is 18.6 Å². The lowest BCUT2D eigenvalue weighted by Gasteiger charge is -2.17. The fraction of sp³-hybridized carbons (Fsp3) is 0.429. The summed E-state index contributed by atoms with van der Waals surface area (Å²) >= 11 is 0. The minimum Gasteiger partial charge on any atom is -0.469 e. The average Bonchev–Trinajstić information content (AvgIpc) is 2.78. The van der Waals surface area contributed by atoms with Crippen molar-refractivity contribution in [2.24, 2.45) is 11.7 Å². The van der Waals surface area contributed by atoms with Crippen LogP contribution in [-0.2, 0) is 27.3 Å². The topological polar surface area (TPSA) is 78.6 Å². The van der Waals surface area contributed by atoms with Gasteiger partial charge in [0, 0.05) is 11.6 Å². The third-order valence-corrected chi connectivity index (χ3v) is 3.43. The Hall–Kier alpha value is -1.88. The number of benzene rings is 1. The summed E-state index contributed by atoms with van der Waals surface area (Å²) in [5.74, 6) is -0.961. The summed E-state index contributed by atoms with van der Waals surface area (Å²) in [6, 6.07) is 5.18. The highest BCUT2D eigenvalue weighted by Gasteiger charge is 2.24. The van der Waals surface area contributed by atoms with Gasteiger partial charge >= 0.3 is 11.9 Å².